The molecule has 0 fully saturated rings. The molecule has 5 heavy (non-hydrogen) atoms. The molecule has 0 nitrogen and oxygen atoms in total. The Kier molecular flexibility index (Phi) is 4.36. The first kappa shape index (κ1) is 5.19. The third-order valence-electron chi connectivity index (χ3n) is 0.372. The lowest BCUT2D eigenvalue weighted by atomic mass is 9.27. The summed E-state index contributed by atoms with van der Waals surface area (Å²) in [5, 5.41) is 0. The summed E-state index contributed by atoms with van der Waals surface area (Å²) < 4.78 is 0. The van der Waals surface area contributed by atoms with Crippen molar-refractivity contribution in [1.29, 1.82) is 0 Å². The van der Waals surface area contributed by atoms with Crippen molar-refractivity contribution < 1.29 is 1.43 Å². The molecule has 0 saturated carbocycles. The van der Waals surface area contributed by atoms with Gasteiger partial charge in [-0.3, -0.25) is 0 Å². The van der Waals surface area contributed by atoms with E-state index in [1.54, 1.807) is 7.06 Å². The maximum atomic E-state index is 4.96. The van der Waals surface area contributed by atoms with Crippen molar-refractivity contribution in [3.63, 3.8) is 0 Å². The third kappa shape index (κ3) is 4.19. The van der Waals surface area contributed by atoms with Gasteiger partial charge in [0.15, 0.2) is 0 Å². The zero-order valence-electron chi connectivity index (χ0n) is 3.44. The van der Waals surface area contributed by atoms with E-state index in [2.05, 4.69) is 0 Å². The van der Waals surface area contributed by atoms with Gasteiger partial charge < -0.3 is 0 Å². The second-order valence-electron chi connectivity index (χ2n) is 0.836. The normalized spacial score (nSPS) is 6.60. The summed E-state index contributed by atoms with van der Waals surface area (Å²) in [5.41, 5.74) is 0. The van der Waals surface area contributed by atoms with Crippen LogP contribution in [0.5, 0.6) is 0 Å². The second-order valence-corrected chi connectivity index (χ2v) is 0.836. The summed E-state index contributed by atoms with van der Waals surface area (Å²) in [6, 6.07) is 0. The van der Waals surface area contributed by atoms with Crippen molar-refractivity contribution in [3.8, 4) is 0 Å². The standard InChI is InChI=1S/C2H5B3.H2/c1-2-4-5-3;/h2H2,1H3;1H. The lowest BCUT2D eigenvalue weighted by Gasteiger charge is -1.74. The SMILES string of the molecule is [B][B][B]CC.[HH]. The molecule has 0 unspecified atom stereocenters. The molecule has 4 radical (unpaired) electrons. The lowest BCUT2D eigenvalue weighted by molar-refractivity contribution is 1.47. The average Bonchev–Trinajstić information content (AvgIpc) is 1.41. The molecule has 0 N–H and O–H groups in total. The molecular formula is C2H7B3. The lowest BCUT2D eigenvalue weighted by Crippen LogP contribution is -1.98. The van der Waals surface area contributed by atoms with Crippen LogP contribution in [0.1, 0.15) is 8.35 Å². The van der Waals surface area contributed by atoms with Crippen LogP contribution in [-0.2, 0) is 0 Å². The first-order chi connectivity index (χ1) is 2.41. The minimum Gasteiger partial charge on any atom is -0.0923 e. The highest BCUT2D eigenvalue weighted by molar-refractivity contribution is 7.23. The Morgan fingerprint density at radius 2 is 2.60 bits per heavy atom. The number of rotatable bonds is 2. The van der Waals surface area contributed by atoms with Crippen molar-refractivity contribution >= 4 is 22.0 Å². The Morgan fingerprint density at radius 3 is 2.60 bits per heavy atom. The molecule has 0 saturated heterocycles. The van der Waals surface area contributed by atoms with Gasteiger partial charge in [0.25, 0.3) is 0 Å². The zero-order chi connectivity index (χ0) is 4.12. The van der Waals surface area contributed by atoms with Crippen molar-refractivity contribution in [1.82, 2.24) is 0 Å². The Labute approximate surface area is 37.7 Å². The summed E-state index contributed by atoms with van der Waals surface area (Å²) in [5.74, 6) is 0. The highest BCUT2D eigenvalue weighted by Gasteiger charge is 1.73. The fourth-order valence-corrected chi connectivity index (χ4v) is 0.136. The fourth-order valence-electron chi connectivity index (χ4n) is 0.136. The molecule has 24 valence electrons. The van der Waals surface area contributed by atoms with Gasteiger partial charge in [-0.15, -0.1) is 0 Å². The van der Waals surface area contributed by atoms with Gasteiger partial charge in [0.2, 0.25) is 0 Å². The number of hydrogen-bond donors (Lipinski definition) is 0. The van der Waals surface area contributed by atoms with Crippen molar-refractivity contribution in [2.75, 3.05) is 0 Å². The minimum absolute atomic E-state index is 0. The molecule has 0 aliphatic heterocycles. The second kappa shape index (κ2) is 4.19. The maximum Gasteiger partial charge on any atom is 0.0541 e. The Morgan fingerprint density at radius 1 is 2.00 bits per heavy atom. The largest absolute Gasteiger partial charge is 0.0923 e. The first-order valence-corrected chi connectivity index (χ1v) is 1.78. The van der Waals surface area contributed by atoms with Crippen LogP contribution >= 0.6 is 0 Å². The monoisotopic (exact) mass is 64.1 g/mol. The molecular weight excluding hydrogens is 56.5 g/mol. The molecule has 0 bridgehead atoms. The first-order valence-electron chi connectivity index (χ1n) is 1.78. The summed E-state index contributed by atoms with van der Waals surface area (Å²) >= 11 is 0. The molecule has 0 atom stereocenters. The van der Waals surface area contributed by atoms with E-state index in [1.807, 2.05) is 14.1 Å². The summed E-state index contributed by atoms with van der Waals surface area (Å²) in [6.07, 6.45) is 1.04. The van der Waals surface area contributed by atoms with E-state index in [0.29, 0.717) is 0 Å². The van der Waals surface area contributed by atoms with Crippen molar-refractivity contribution in [2.24, 2.45) is 0 Å². The molecule has 0 heterocycles. The van der Waals surface area contributed by atoms with Gasteiger partial charge in [-0.05, 0) is 0 Å². The van der Waals surface area contributed by atoms with Gasteiger partial charge in [0, 0.05) is 16.2 Å². The maximum absolute atomic E-state index is 4.96. The molecule has 0 aliphatic carbocycles. The van der Waals surface area contributed by atoms with Crippen LogP contribution in [0.15, 0.2) is 0 Å². The smallest absolute Gasteiger partial charge is 0.0541 e. The quantitative estimate of drug-likeness (QED) is 0.398. The molecule has 0 spiro atoms. The van der Waals surface area contributed by atoms with E-state index >= 15 is 0 Å². The van der Waals surface area contributed by atoms with Gasteiger partial charge in [-0.1, -0.05) is 13.2 Å². The van der Waals surface area contributed by atoms with Gasteiger partial charge >= 0.3 is 0 Å². The predicted molar refractivity (Wildman–Crippen MR) is 29.9 cm³/mol. The van der Waals surface area contributed by atoms with Crippen LogP contribution in [0.25, 0.3) is 0 Å². The van der Waals surface area contributed by atoms with Crippen LogP contribution in [0.3, 0.4) is 0 Å². The average molecular weight is 63.5 g/mol. The predicted octanol–water partition coefficient (Wildman–Crippen LogP) is 0.0775. The summed E-state index contributed by atoms with van der Waals surface area (Å²) in [4.78, 5) is 0. The van der Waals surface area contributed by atoms with Crippen LogP contribution in [0.4, 0.5) is 0 Å². The zero-order valence-corrected chi connectivity index (χ0v) is 3.44. The van der Waals surface area contributed by atoms with Crippen molar-refractivity contribution in [3.05, 3.63) is 0 Å². The topological polar surface area (TPSA) is 0 Å². The van der Waals surface area contributed by atoms with Crippen LogP contribution in [0.2, 0.25) is 6.32 Å². The fraction of sp³-hybridized carbons (Fsp3) is 1.00. The van der Waals surface area contributed by atoms with Crippen LogP contribution in [-0.4, -0.2) is 22.0 Å². The van der Waals surface area contributed by atoms with Crippen LogP contribution < -0.4 is 0 Å². The van der Waals surface area contributed by atoms with E-state index in [9.17, 15) is 0 Å². The van der Waals surface area contributed by atoms with E-state index in [0.717, 1.165) is 6.32 Å². The van der Waals surface area contributed by atoms with Gasteiger partial charge in [0.1, 0.15) is 0 Å². The molecule has 0 aromatic heterocycles. The Balaban J connectivity index is 0. The van der Waals surface area contributed by atoms with Gasteiger partial charge in [0.05, 0.1) is 7.17 Å². The van der Waals surface area contributed by atoms with Crippen LogP contribution in [0, 0.1) is 0 Å². The number of hydrogen-bond acceptors (Lipinski definition) is 0. The van der Waals surface area contributed by atoms with E-state index < -0.39 is 0 Å². The van der Waals surface area contributed by atoms with Gasteiger partial charge in [-0.2, -0.15) is 0 Å². The highest BCUT2D eigenvalue weighted by atomic mass is 13.3. The van der Waals surface area contributed by atoms with Gasteiger partial charge in [-0.25, -0.2) is 0 Å². The summed E-state index contributed by atoms with van der Waals surface area (Å²) in [7, 11) is 8.42. The molecule has 0 aromatic carbocycles. The molecule has 0 rings (SSSR count). The minimum atomic E-state index is 0. The van der Waals surface area contributed by atoms with E-state index in [4.69, 9.17) is 7.74 Å². The Bertz CT molecular complexity index is 16.3. The van der Waals surface area contributed by atoms with E-state index in [1.165, 1.54) is 0 Å². The van der Waals surface area contributed by atoms with Crippen molar-refractivity contribution in [2.45, 2.75) is 13.2 Å². The highest BCUT2D eigenvalue weighted by Crippen LogP contribution is 1.63. The Hall–Kier alpha value is 0.195. The molecule has 0 amide bonds. The van der Waals surface area contributed by atoms with E-state index in [-0.39, 0.29) is 1.43 Å². The molecule has 0 aromatic rings. The molecule has 3 heteroatoms. The third-order valence-corrected chi connectivity index (χ3v) is 0.372. The molecule has 0 aliphatic rings. The summed E-state index contributed by atoms with van der Waals surface area (Å²) in [6.45, 7) is 2.04.